The second kappa shape index (κ2) is 9.84. The van der Waals surface area contributed by atoms with Gasteiger partial charge in [0.1, 0.15) is 12.2 Å². The van der Waals surface area contributed by atoms with Crippen molar-refractivity contribution in [3.05, 3.63) is 59.7 Å². The van der Waals surface area contributed by atoms with Crippen molar-refractivity contribution in [1.82, 2.24) is 5.32 Å². The number of amides is 2. The standard InChI is InChI=1S/C20H21N3O3/c1-2-16-5-3-4-6-18(16)26-14-20(25)22-13-15-7-9-17(10-8-15)23-19(24)11-12-21/h3-10H,2,11,13-14H2,1H3,(H,22,25)(H,23,24). The van der Waals surface area contributed by atoms with Crippen molar-refractivity contribution >= 4 is 17.5 Å². The second-order valence-corrected chi connectivity index (χ2v) is 5.61. The molecule has 2 aromatic carbocycles. The van der Waals surface area contributed by atoms with Crippen LogP contribution in [0.25, 0.3) is 0 Å². The fourth-order valence-electron chi connectivity index (χ4n) is 2.31. The Morgan fingerprint density at radius 2 is 1.81 bits per heavy atom. The van der Waals surface area contributed by atoms with E-state index in [9.17, 15) is 9.59 Å². The number of aryl methyl sites for hydroxylation is 1. The summed E-state index contributed by atoms with van der Waals surface area (Å²) in [7, 11) is 0. The van der Waals surface area contributed by atoms with Crippen LogP contribution in [0.3, 0.4) is 0 Å². The molecule has 2 amide bonds. The predicted molar refractivity (Wildman–Crippen MR) is 98.5 cm³/mol. The molecule has 134 valence electrons. The van der Waals surface area contributed by atoms with E-state index in [0.29, 0.717) is 12.2 Å². The van der Waals surface area contributed by atoms with Crippen molar-refractivity contribution in [2.45, 2.75) is 26.3 Å². The van der Waals surface area contributed by atoms with Crippen LogP contribution in [-0.2, 0) is 22.6 Å². The number of nitrogens with one attached hydrogen (secondary N) is 2. The topological polar surface area (TPSA) is 91.2 Å². The van der Waals surface area contributed by atoms with Gasteiger partial charge in [-0.2, -0.15) is 5.26 Å². The van der Waals surface area contributed by atoms with Crippen molar-refractivity contribution < 1.29 is 14.3 Å². The smallest absolute Gasteiger partial charge is 0.258 e. The minimum Gasteiger partial charge on any atom is -0.483 e. The molecule has 0 saturated carbocycles. The van der Waals surface area contributed by atoms with E-state index in [-0.39, 0.29) is 24.8 Å². The molecule has 2 N–H and O–H groups in total. The van der Waals surface area contributed by atoms with E-state index in [4.69, 9.17) is 10.00 Å². The van der Waals surface area contributed by atoms with Crippen molar-refractivity contribution in [2.75, 3.05) is 11.9 Å². The lowest BCUT2D eigenvalue weighted by Crippen LogP contribution is -2.28. The second-order valence-electron chi connectivity index (χ2n) is 5.61. The summed E-state index contributed by atoms with van der Waals surface area (Å²) in [6, 6.07) is 16.5. The molecule has 0 aliphatic heterocycles. The molecule has 0 radical (unpaired) electrons. The molecule has 6 heteroatoms. The number of carbonyl (C=O) groups is 2. The third-order valence-corrected chi connectivity index (χ3v) is 3.68. The highest BCUT2D eigenvalue weighted by Crippen LogP contribution is 2.18. The molecule has 0 aliphatic carbocycles. The summed E-state index contributed by atoms with van der Waals surface area (Å²) in [5.74, 6) is 0.169. The first-order valence-electron chi connectivity index (χ1n) is 8.35. The Morgan fingerprint density at radius 3 is 2.50 bits per heavy atom. The lowest BCUT2D eigenvalue weighted by Gasteiger charge is -2.11. The molecule has 0 aromatic heterocycles. The number of nitriles is 1. The average molecular weight is 351 g/mol. The maximum absolute atomic E-state index is 11.9. The quantitative estimate of drug-likeness (QED) is 0.765. The Kier molecular flexibility index (Phi) is 7.19. The molecule has 2 rings (SSSR count). The summed E-state index contributed by atoms with van der Waals surface area (Å²) < 4.78 is 5.58. The zero-order chi connectivity index (χ0) is 18.8. The van der Waals surface area contributed by atoms with Crippen LogP contribution < -0.4 is 15.4 Å². The highest BCUT2D eigenvalue weighted by Gasteiger charge is 2.06. The molecule has 0 atom stereocenters. The predicted octanol–water partition coefficient (Wildman–Crippen LogP) is 2.80. The highest BCUT2D eigenvalue weighted by molar-refractivity contribution is 5.92. The molecule has 0 aliphatic rings. The molecule has 6 nitrogen and oxygen atoms in total. The number of anilines is 1. The summed E-state index contributed by atoms with van der Waals surface area (Å²) in [6.45, 7) is 2.36. The lowest BCUT2D eigenvalue weighted by atomic mass is 10.1. The van der Waals surface area contributed by atoms with Crippen LogP contribution in [0.4, 0.5) is 5.69 Å². The normalized spacial score (nSPS) is 9.85. The third kappa shape index (κ3) is 5.95. The van der Waals surface area contributed by atoms with Crippen LogP contribution in [0.5, 0.6) is 5.75 Å². The Labute approximate surface area is 152 Å². The van der Waals surface area contributed by atoms with Crippen LogP contribution in [0, 0.1) is 11.3 Å². The summed E-state index contributed by atoms with van der Waals surface area (Å²) in [5.41, 5.74) is 2.57. The molecule has 0 heterocycles. The zero-order valence-corrected chi connectivity index (χ0v) is 14.6. The molecule has 0 fully saturated rings. The van der Waals surface area contributed by atoms with Crippen molar-refractivity contribution in [3.63, 3.8) is 0 Å². The molecule has 0 bridgehead atoms. The maximum atomic E-state index is 11.9. The average Bonchev–Trinajstić information content (AvgIpc) is 2.66. The first-order valence-corrected chi connectivity index (χ1v) is 8.35. The number of hydrogen-bond acceptors (Lipinski definition) is 4. The summed E-state index contributed by atoms with van der Waals surface area (Å²) in [4.78, 5) is 23.3. The summed E-state index contributed by atoms with van der Waals surface area (Å²) in [5, 5.41) is 13.9. The number of rotatable bonds is 8. The summed E-state index contributed by atoms with van der Waals surface area (Å²) in [6.07, 6.45) is 0.661. The van der Waals surface area contributed by atoms with Gasteiger partial charge in [0, 0.05) is 12.2 Å². The van der Waals surface area contributed by atoms with Gasteiger partial charge in [0.15, 0.2) is 6.61 Å². The first-order chi connectivity index (χ1) is 12.6. The van der Waals surface area contributed by atoms with E-state index in [1.165, 1.54) is 0 Å². The molecule has 0 saturated heterocycles. The van der Waals surface area contributed by atoms with Crippen molar-refractivity contribution in [3.8, 4) is 11.8 Å². The Bertz CT molecular complexity index is 795. The van der Waals surface area contributed by atoms with Gasteiger partial charge in [-0.1, -0.05) is 37.3 Å². The van der Waals surface area contributed by atoms with Crippen LogP contribution in [0.2, 0.25) is 0 Å². The minimum atomic E-state index is -0.349. The van der Waals surface area contributed by atoms with E-state index in [1.807, 2.05) is 31.2 Å². The molecule has 0 spiro atoms. The number of nitrogens with zero attached hydrogens (tertiary/aromatic N) is 1. The lowest BCUT2D eigenvalue weighted by molar-refractivity contribution is -0.123. The summed E-state index contributed by atoms with van der Waals surface area (Å²) >= 11 is 0. The number of para-hydroxylation sites is 1. The minimum absolute atomic E-state index is 0.0423. The Hall–Kier alpha value is -3.33. The van der Waals surface area contributed by atoms with Gasteiger partial charge in [0.2, 0.25) is 5.91 Å². The fourth-order valence-corrected chi connectivity index (χ4v) is 2.31. The Balaban J connectivity index is 1.78. The van der Waals surface area contributed by atoms with Crippen molar-refractivity contribution in [1.29, 1.82) is 5.26 Å². The van der Waals surface area contributed by atoms with Crippen LogP contribution in [0.15, 0.2) is 48.5 Å². The number of hydrogen-bond donors (Lipinski definition) is 2. The van der Waals surface area contributed by atoms with Gasteiger partial charge < -0.3 is 15.4 Å². The third-order valence-electron chi connectivity index (χ3n) is 3.68. The molecule has 2 aromatic rings. The number of ether oxygens (including phenoxy) is 1. The zero-order valence-electron chi connectivity index (χ0n) is 14.6. The first kappa shape index (κ1) is 19.0. The maximum Gasteiger partial charge on any atom is 0.258 e. The van der Waals surface area contributed by atoms with E-state index >= 15 is 0 Å². The molecule has 26 heavy (non-hydrogen) atoms. The molecular weight excluding hydrogens is 330 g/mol. The van der Waals surface area contributed by atoms with Gasteiger partial charge in [0.25, 0.3) is 5.91 Å². The van der Waals surface area contributed by atoms with E-state index in [0.717, 1.165) is 23.3 Å². The fraction of sp³-hybridized carbons (Fsp3) is 0.250. The number of benzene rings is 2. The largest absolute Gasteiger partial charge is 0.483 e. The van der Waals surface area contributed by atoms with Gasteiger partial charge in [-0.15, -0.1) is 0 Å². The highest BCUT2D eigenvalue weighted by atomic mass is 16.5. The molecular formula is C20H21N3O3. The van der Waals surface area contributed by atoms with E-state index < -0.39 is 0 Å². The molecule has 0 unspecified atom stereocenters. The van der Waals surface area contributed by atoms with Crippen LogP contribution >= 0.6 is 0 Å². The van der Waals surface area contributed by atoms with Crippen molar-refractivity contribution in [2.24, 2.45) is 0 Å². The van der Waals surface area contributed by atoms with E-state index in [2.05, 4.69) is 10.6 Å². The van der Waals surface area contributed by atoms with Gasteiger partial charge in [-0.25, -0.2) is 0 Å². The van der Waals surface area contributed by atoms with Gasteiger partial charge in [0.05, 0.1) is 6.07 Å². The van der Waals surface area contributed by atoms with Crippen LogP contribution in [0.1, 0.15) is 24.5 Å². The van der Waals surface area contributed by atoms with E-state index in [1.54, 1.807) is 30.3 Å². The number of carbonyl (C=O) groups excluding carboxylic acids is 2. The Morgan fingerprint density at radius 1 is 1.08 bits per heavy atom. The SMILES string of the molecule is CCc1ccccc1OCC(=O)NCc1ccc(NC(=O)CC#N)cc1. The monoisotopic (exact) mass is 351 g/mol. The van der Waals surface area contributed by atoms with Crippen LogP contribution in [-0.4, -0.2) is 18.4 Å². The van der Waals surface area contributed by atoms with Gasteiger partial charge in [-0.3, -0.25) is 9.59 Å². The van der Waals surface area contributed by atoms with Gasteiger partial charge >= 0.3 is 0 Å². The van der Waals surface area contributed by atoms with Gasteiger partial charge in [-0.05, 0) is 35.7 Å².